The van der Waals surface area contributed by atoms with E-state index in [0.29, 0.717) is 5.56 Å². The summed E-state index contributed by atoms with van der Waals surface area (Å²) in [5.41, 5.74) is 0.233. The van der Waals surface area contributed by atoms with Crippen LogP contribution in [0.15, 0.2) is 53.4 Å². The van der Waals surface area contributed by atoms with Crippen LogP contribution in [0, 0.1) is 17.1 Å². The number of nitrogens with one attached hydrogen (secondary N) is 1. The molecule has 4 nitrogen and oxygen atoms in total. The summed E-state index contributed by atoms with van der Waals surface area (Å²) in [6.07, 6.45) is 0. The molecule has 2 rings (SSSR count). The van der Waals surface area contributed by atoms with Gasteiger partial charge in [0, 0.05) is 0 Å². The second-order valence-corrected chi connectivity index (χ2v) is 5.40. The van der Waals surface area contributed by atoms with Crippen LogP contribution in [0.4, 0.5) is 10.1 Å². The Morgan fingerprint density at radius 3 is 2.26 bits per heavy atom. The second-order valence-electron chi connectivity index (χ2n) is 3.72. The molecule has 0 aromatic heterocycles. The molecule has 0 fully saturated rings. The highest BCUT2D eigenvalue weighted by molar-refractivity contribution is 7.92. The zero-order valence-corrected chi connectivity index (χ0v) is 10.5. The number of sulfonamides is 1. The molecule has 0 amide bonds. The van der Waals surface area contributed by atoms with Crippen LogP contribution in [0.2, 0.25) is 0 Å². The molecule has 6 heteroatoms. The zero-order valence-electron chi connectivity index (χ0n) is 9.67. The quantitative estimate of drug-likeness (QED) is 0.936. The Hall–Kier alpha value is -2.39. The third kappa shape index (κ3) is 2.89. The molecule has 0 bridgehead atoms. The van der Waals surface area contributed by atoms with E-state index in [9.17, 15) is 12.8 Å². The van der Waals surface area contributed by atoms with E-state index in [-0.39, 0.29) is 10.6 Å². The van der Waals surface area contributed by atoms with Crippen LogP contribution in [-0.2, 0) is 10.0 Å². The normalized spacial score (nSPS) is 10.7. The van der Waals surface area contributed by atoms with E-state index in [1.165, 1.54) is 42.5 Å². The molecule has 2 aromatic carbocycles. The van der Waals surface area contributed by atoms with Crippen LogP contribution < -0.4 is 4.72 Å². The average molecular weight is 276 g/mol. The Labute approximate surface area is 110 Å². The number of halogens is 1. The first-order valence-electron chi connectivity index (χ1n) is 5.30. The fraction of sp³-hybridized carbons (Fsp3) is 0. The van der Waals surface area contributed by atoms with Crippen molar-refractivity contribution < 1.29 is 12.8 Å². The lowest BCUT2D eigenvalue weighted by Gasteiger charge is -2.08. The second kappa shape index (κ2) is 5.08. The molecule has 96 valence electrons. The van der Waals surface area contributed by atoms with Crippen LogP contribution in [0.3, 0.4) is 0 Å². The lowest BCUT2D eigenvalue weighted by molar-refractivity contribution is 0.598. The molecule has 0 unspecified atom stereocenters. The maximum absolute atomic E-state index is 13.4. The SMILES string of the molecule is N#Cc1ccc(S(=O)(=O)Nc2ccccc2F)cc1. The minimum Gasteiger partial charge on any atom is -0.277 e. The summed E-state index contributed by atoms with van der Waals surface area (Å²) in [4.78, 5) is -0.0326. The van der Waals surface area contributed by atoms with Crippen LogP contribution in [0.5, 0.6) is 0 Å². The number of benzene rings is 2. The molecule has 0 saturated carbocycles. The first kappa shape index (κ1) is 13.1. The number of para-hydroxylation sites is 1. The molecule has 0 aliphatic rings. The summed E-state index contributed by atoms with van der Waals surface area (Å²) in [7, 11) is -3.86. The first-order valence-corrected chi connectivity index (χ1v) is 6.79. The van der Waals surface area contributed by atoms with Crippen molar-refractivity contribution in [3.63, 3.8) is 0 Å². The van der Waals surface area contributed by atoms with E-state index in [1.807, 2.05) is 6.07 Å². The Morgan fingerprint density at radius 1 is 1.05 bits per heavy atom. The maximum atomic E-state index is 13.4. The molecule has 2 aromatic rings. The smallest absolute Gasteiger partial charge is 0.261 e. The third-order valence-electron chi connectivity index (χ3n) is 2.41. The van der Waals surface area contributed by atoms with Crippen LogP contribution in [0.1, 0.15) is 5.56 Å². The van der Waals surface area contributed by atoms with Gasteiger partial charge in [-0.15, -0.1) is 0 Å². The van der Waals surface area contributed by atoms with Crippen molar-refractivity contribution in [2.24, 2.45) is 0 Å². The highest BCUT2D eigenvalue weighted by atomic mass is 32.2. The van der Waals surface area contributed by atoms with Gasteiger partial charge in [0.15, 0.2) is 0 Å². The van der Waals surface area contributed by atoms with Gasteiger partial charge < -0.3 is 0 Å². The Morgan fingerprint density at radius 2 is 1.68 bits per heavy atom. The molecular weight excluding hydrogens is 267 g/mol. The summed E-state index contributed by atoms with van der Waals surface area (Å²) >= 11 is 0. The van der Waals surface area contributed by atoms with Crippen molar-refractivity contribution in [1.82, 2.24) is 0 Å². The van der Waals surface area contributed by atoms with Gasteiger partial charge in [-0.05, 0) is 36.4 Å². The summed E-state index contributed by atoms with van der Waals surface area (Å²) < 4.78 is 39.5. The van der Waals surface area contributed by atoms with Crippen molar-refractivity contribution in [2.75, 3.05) is 4.72 Å². The third-order valence-corrected chi connectivity index (χ3v) is 3.79. The highest BCUT2D eigenvalue weighted by Crippen LogP contribution is 2.18. The van der Waals surface area contributed by atoms with Crippen molar-refractivity contribution in [3.05, 3.63) is 59.9 Å². The van der Waals surface area contributed by atoms with E-state index < -0.39 is 15.8 Å². The Balaban J connectivity index is 2.33. The van der Waals surface area contributed by atoms with E-state index in [1.54, 1.807) is 0 Å². The topological polar surface area (TPSA) is 70.0 Å². The van der Waals surface area contributed by atoms with E-state index in [2.05, 4.69) is 4.72 Å². The average Bonchev–Trinajstić information content (AvgIpc) is 2.41. The van der Waals surface area contributed by atoms with Crippen LogP contribution in [-0.4, -0.2) is 8.42 Å². The fourth-order valence-electron chi connectivity index (χ4n) is 1.46. The molecule has 0 aliphatic carbocycles. The summed E-state index contributed by atoms with van der Waals surface area (Å²) in [6.45, 7) is 0. The lowest BCUT2D eigenvalue weighted by atomic mass is 10.2. The number of anilines is 1. The molecule has 0 atom stereocenters. The fourth-order valence-corrected chi connectivity index (χ4v) is 2.52. The number of rotatable bonds is 3. The molecule has 0 heterocycles. The molecule has 19 heavy (non-hydrogen) atoms. The van der Waals surface area contributed by atoms with Gasteiger partial charge in [0.05, 0.1) is 22.2 Å². The van der Waals surface area contributed by atoms with Gasteiger partial charge >= 0.3 is 0 Å². The van der Waals surface area contributed by atoms with Gasteiger partial charge in [0.1, 0.15) is 5.82 Å². The predicted molar refractivity (Wildman–Crippen MR) is 68.4 cm³/mol. The van der Waals surface area contributed by atoms with Gasteiger partial charge in [0.2, 0.25) is 0 Å². The molecule has 1 N–H and O–H groups in total. The van der Waals surface area contributed by atoms with Gasteiger partial charge in [-0.3, -0.25) is 4.72 Å². The van der Waals surface area contributed by atoms with Gasteiger partial charge in [-0.25, -0.2) is 12.8 Å². The first-order chi connectivity index (χ1) is 9.03. The Bertz CT molecular complexity index is 734. The van der Waals surface area contributed by atoms with Crippen LogP contribution >= 0.6 is 0 Å². The van der Waals surface area contributed by atoms with Gasteiger partial charge in [-0.1, -0.05) is 12.1 Å². The standard InChI is InChI=1S/C13H9FN2O2S/c14-12-3-1-2-4-13(12)16-19(17,18)11-7-5-10(9-15)6-8-11/h1-8,16H. The van der Waals surface area contributed by atoms with Gasteiger partial charge in [-0.2, -0.15) is 5.26 Å². The maximum Gasteiger partial charge on any atom is 0.261 e. The summed E-state index contributed by atoms with van der Waals surface area (Å²) in [5, 5.41) is 8.64. The molecule has 0 spiro atoms. The van der Waals surface area contributed by atoms with Crippen molar-refractivity contribution in [1.29, 1.82) is 5.26 Å². The lowest BCUT2D eigenvalue weighted by Crippen LogP contribution is -2.13. The van der Waals surface area contributed by atoms with Gasteiger partial charge in [0.25, 0.3) is 10.0 Å². The molecular formula is C13H9FN2O2S. The largest absolute Gasteiger partial charge is 0.277 e. The Kier molecular flexibility index (Phi) is 3.49. The molecule has 0 aliphatic heterocycles. The van der Waals surface area contributed by atoms with Crippen molar-refractivity contribution in [2.45, 2.75) is 4.90 Å². The number of nitrogens with zero attached hydrogens (tertiary/aromatic N) is 1. The minimum atomic E-state index is -3.86. The minimum absolute atomic E-state index is 0.0326. The molecule has 0 saturated heterocycles. The van der Waals surface area contributed by atoms with E-state index >= 15 is 0 Å². The number of nitriles is 1. The van der Waals surface area contributed by atoms with Crippen molar-refractivity contribution in [3.8, 4) is 6.07 Å². The monoisotopic (exact) mass is 276 g/mol. The predicted octanol–water partition coefficient (Wildman–Crippen LogP) is 2.50. The van der Waals surface area contributed by atoms with E-state index in [4.69, 9.17) is 5.26 Å². The summed E-state index contributed by atoms with van der Waals surface area (Å²) in [5.74, 6) is -0.653. The number of hydrogen-bond donors (Lipinski definition) is 1. The van der Waals surface area contributed by atoms with Crippen molar-refractivity contribution >= 4 is 15.7 Å². The summed E-state index contributed by atoms with van der Waals surface area (Å²) in [6, 6.07) is 12.7. The zero-order chi connectivity index (χ0) is 13.9. The molecule has 0 radical (unpaired) electrons. The van der Waals surface area contributed by atoms with Crippen LogP contribution in [0.25, 0.3) is 0 Å². The number of hydrogen-bond acceptors (Lipinski definition) is 3. The van der Waals surface area contributed by atoms with E-state index in [0.717, 1.165) is 6.07 Å². The highest BCUT2D eigenvalue weighted by Gasteiger charge is 2.15.